The fourth-order valence-electron chi connectivity index (χ4n) is 5.00. The van der Waals surface area contributed by atoms with Gasteiger partial charge in [-0.05, 0) is 86.9 Å². The van der Waals surface area contributed by atoms with Gasteiger partial charge in [-0.2, -0.15) is 0 Å². The molecular weight excluding hydrogens is 693 g/mol. The summed E-state index contributed by atoms with van der Waals surface area (Å²) in [5.74, 6) is 8.16. The predicted octanol–water partition coefficient (Wildman–Crippen LogP) is 5.97. The number of carbonyl (C=O) groups is 3. The average Bonchev–Trinajstić information content (AvgIpc) is 3.13. The minimum Gasteiger partial charge on any atom is -0.478 e. The number of carbonyl (C=O) groups excluding carboxylic acids is 2. The van der Waals surface area contributed by atoms with Crippen LogP contribution >= 0.6 is 0 Å². The van der Waals surface area contributed by atoms with Crippen molar-refractivity contribution in [2.75, 3.05) is 66.5 Å². The summed E-state index contributed by atoms with van der Waals surface area (Å²) < 4.78 is 0. The second kappa shape index (κ2) is 19.8. The lowest BCUT2D eigenvalue weighted by Crippen LogP contribution is -2.47. The lowest BCUT2D eigenvalue weighted by molar-refractivity contribution is 0.0657. The summed E-state index contributed by atoms with van der Waals surface area (Å²) in [6, 6.07) is 21.6. The summed E-state index contributed by atoms with van der Waals surface area (Å²) in [4.78, 5) is 43.5. The molecule has 0 bridgehead atoms. The van der Waals surface area contributed by atoms with Crippen LogP contribution in [0, 0.1) is 35.3 Å². The lowest BCUT2D eigenvalue weighted by atomic mass is 10.1. The Labute approximate surface area is 319 Å². The SMILES string of the molecule is C#Cc1ccc(C(=O)N2CCN(C)CC2)cc1.CN1CCN(C(=O)c2ccc(C#C[Si](C)(C)C)cc2)CC1.C[Si](C)(C)C#Cc1ccc(C(=O)O)cc1. The summed E-state index contributed by atoms with van der Waals surface area (Å²) in [5.41, 5.74) is 11.0. The monoisotopic (exact) mass is 746 g/mol. The normalized spacial score (nSPS) is 14.7. The van der Waals surface area contributed by atoms with E-state index in [-0.39, 0.29) is 11.8 Å². The summed E-state index contributed by atoms with van der Waals surface area (Å²) in [5, 5.41) is 8.71. The molecule has 0 unspecified atom stereocenters. The van der Waals surface area contributed by atoms with Gasteiger partial charge in [-0.25, -0.2) is 4.79 Å². The zero-order valence-electron chi connectivity index (χ0n) is 32.6. The van der Waals surface area contributed by atoms with Crippen molar-refractivity contribution in [1.29, 1.82) is 0 Å². The highest BCUT2D eigenvalue weighted by atomic mass is 28.3. The summed E-state index contributed by atoms with van der Waals surface area (Å²) >= 11 is 0. The standard InChI is InChI=1S/C17H24N2OSi.C14H16N2O.C12H14O2Si/c1-18-10-12-19(13-11-18)17(20)16-7-5-15(6-8-16)9-14-21(2,3)4;1-3-12-4-6-13(7-5-12)14(17)16-10-8-15(2)9-11-16;1-15(2,3)9-8-10-4-6-11(7-5-10)12(13)14/h5-8H,10-13H2,1-4H3;1,4-7H,8-11H2,2H3;4-7H,1-3H3,(H,13,14). The Morgan fingerprint density at radius 2 is 0.830 bits per heavy atom. The van der Waals surface area contributed by atoms with Gasteiger partial charge in [-0.15, -0.1) is 17.5 Å². The van der Waals surface area contributed by atoms with Crippen molar-refractivity contribution in [2.24, 2.45) is 0 Å². The average molecular weight is 747 g/mol. The molecule has 2 saturated heterocycles. The molecule has 0 saturated carbocycles. The van der Waals surface area contributed by atoms with E-state index in [4.69, 9.17) is 11.5 Å². The fourth-order valence-corrected chi connectivity index (χ4v) is 6.04. The first-order chi connectivity index (χ1) is 24.9. The van der Waals surface area contributed by atoms with E-state index in [9.17, 15) is 14.4 Å². The number of benzene rings is 3. The van der Waals surface area contributed by atoms with E-state index >= 15 is 0 Å². The molecule has 0 spiro atoms. The van der Waals surface area contributed by atoms with E-state index in [2.05, 4.69) is 92.0 Å². The maximum atomic E-state index is 12.4. The van der Waals surface area contributed by atoms with E-state index in [1.54, 1.807) is 36.4 Å². The number of carboxylic acids is 1. The minimum atomic E-state index is -1.35. The Balaban J connectivity index is 0.000000218. The molecule has 2 fully saturated rings. The van der Waals surface area contributed by atoms with Gasteiger partial charge < -0.3 is 24.7 Å². The van der Waals surface area contributed by atoms with Crippen LogP contribution in [0.15, 0.2) is 72.8 Å². The zero-order chi connectivity index (χ0) is 39.2. The smallest absolute Gasteiger partial charge is 0.335 e. The Hall–Kier alpha value is -4.90. The number of likely N-dealkylation sites (N-methyl/N-ethyl adjacent to an activating group) is 2. The molecule has 2 heterocycles. The van der Waals surface area contributed by atoms with Gasteiger partial charge in [-0.1, -0.05) is 57.0 Å². The van der Waals surface area contributed by atoms with Crippen molar-refractivity contribution in [1.82, 2.24) is 19.6 Å². The molecule has 2 amide bonds. The van der Waals surface area contributed by atoms with Crippen molar-refractivity contribution in [3.63, 3.8) is 0 Å². The van der Waals surface area contributed by atoms with Gasteiger partial charge in [0.05, 0.1) is 5.56 Å². The number of piperazine rings is 2. The van der Waals surface area contributed by atoms with Gasteiger partial charge in [0.2, 0.25) is 0 Å². The van der Waals surface area contributed by atoms with E-state index < -0.39 is 22.1 Å². The Bertz CT molecular complexity index is 1850. The molecule has 0 aliphatic carbocycles. The highest BCUT2D eigenvalue weighted by Gasteiger charge is 2.21. The molecule has 10 heteroatoms. The Morgan fingerprint density at radius 1 is 0.528 bits per heavy atom. The molecule has 8 nitrogen and oxygen atoms in total. The Morgan fingerprint density at radius 3 is 1.11 bits per heavy atom. The summed E-state index contributed by atoms with van der Waals surface area (Å²) in [6.07, 6.45) is 5.28. The quantitative estimate of drug-likeness (QED) is 0.263. The summed E-state index contributed by atoms with van der Waals surface area (Å²) in [6.45, 7) is 20.2. The van der Waals surface area contributed by atoms with Gasteiger partial charge in [0.25, 0.3) is 11.8 Å². The Kier molecular flexibility index (Phi) is 15.9. The number of nitrogens with zero attached hydrogens (tertiary/aromatic N) is 4. The van der Waals surface area contributed by atoms with Crippen molar-refractivity contribution in [2.45, 2.75) is 39.3 Å². The van der Waals surface area contributed by atoms with E-state index in [0.29, 0.717) is 11.1 Å². The summed E-state index contributed by atoms with van der Waals surface area (Å²) in [7, 11) is 1.46. The fraction of sp³-hybridized carbons (Fsp3) is 0.372. The molecule has 53 heavy (non-hydrogen) atoms. The van der Waals surface area contributed by atoms with Crippen LogP contribution in [0.25, 0.3) is 0 Å². The molecule has 3 aromatic carbocycles. The second-order valence-electron chi connectivity index (χ2n) is 15.4. The zero-order valence-corrected chi connectivity index (χ0v) is 34.6. The molecule has 3 aromatic rings. The number of aromatic carboxylic acids is 1. The molecule has 0 aromatic heterocycles. The topological polar surface area (TPSA) is 84.4 Å². The van der Waals surface area contributed by atoms with Crippen molar-refractivity contribution in [3.05, 3.63) is 106 Å². The molecule has 278 valence electrons. The maximum Gasteiger partial charge on any atom is 0.335 e. The molecule has 5 rings (SSSR count). The second-order valence-corrected chi connectivity index (χ2v) is 24.9. The van der Waals surface area contributed by atoms with Crippen molar-refractivity contribution < 1.29 is 19.5 Å². The first kappa shape index (κ1) is 42.5. The third-order valence-electron chi connectivity index (χ3n) is 8.31. The number of terminal acetylenes is 1. The maximum absolute atomic E-state index is 12.4. The number of hydrogen-bond donors (Lipinski definition) is 1. The number of carboxylic acid groups (broad SMARTS) is 1. The molecular formula is C43H54N4O4Si2. The minimum absolute atomic E-state index is 0.0988. The van der Waals surface area contributed by atoms with Crippen LogP contribution in [0.4, 0.5) is 0 Å². The molecule has 2 aliphatic heterocycles. The lowest BCUT2D eigenvalue weighted by Gasteiger charge is -2.32. The number of amides is 2. The molecule has 0 radical (unpaired) electrons. The van der Waals surface area contributed by atoms with Crippen LogP contribution in [0.1, 0.15) is 47.8 Å². The van der Waals surface area contributed by atoms with E-state index in [1.165, 1.54) is 0 Å². The van der Waals surface area contributed by atoms with Gasteiger partial charge in [0.1, 0.15) is 16.1 Å². The molecule has 0 atom stereocenters. The first-order valence-electron chi connectivity index (χ1n) is 18.0. The van der Waals surface area contributed by atoms with Crippen molar-refractivity contribution in [3.8, 4) is 35.3 Å². The van der Waals surface area contributed by atoms with Gasteiger partial charge in [0.15, 0.2) is 0 Å². The van der Waals surface area contributed by atoms with Gasteiger partial charge in [0, 0.05) is 80.2 Å². The third-order valence-corrected chi connectivity index (χ3v) is 10.1. The largest absolute Gasteiger partial charge is 0.478 e. The van der Waals surface area contributed by atoms with Crippen LogP contribution < -0.4 is 0 Å². The predicted molar refractivity (Wildman–Crippen MR) is 221 cm³/mol. The van der Waals surface area contributed by atoms with Crippen LogP contribution in [0.5, 0.6) is 0 Å². The van der Waals surface area contributed by atoms with Crippen LogP contribution in [0.2, 0.25) is 39.3 Å². The van der Waals surface area contributed by atoms with E-state index in [0.717, 1.165) is 74.6 Å². The highest BCUT2D eigenvalue weighted by Crippen LogP contribution is 2.12. The van der Waals surface area contributed by atoms with Gasteiger partial charge >= 0.3 is 5.97 Å². The van der Waals surface area contributed by atoms with Crippen LogP contribution in [-0.4, -0.2) is 125 Å². The van der Waals surface area contributed by atoms with E-state index in [1.807, 2.05) is 46.2 Å². The first-order valence-corrected chi connectivity index (χ1v) is 25.0. The van der Waals surface area contributed by atoms with Crippen molar-refractivity contribution >= 4 is 33.9 Å². The molecule has 1 N–H and O–H groups in total. The van der Waals surface area contributed by atoms with Crippen LogP contribution in [-0.2, 0) is 0 Å². The highest BCUT2D eigenvalue weighted by molar-refractivity contribution is 6.84. The molecule has 2 aliphatic rings. The number of hydrogen-bond acceptors (Lipinski definition) is 5. The third kappa shape index (κ3) is 15.3. The van der Waals surface area contributed by atoms with Gasteiger partial charge in [-0.3, -0.25) is 9.59 Å². The van der Waals surface area contributed by atoms with Crippen LogP contribution in [0.3, 0.4) is 0 Å². The number of rotatable bonds is 3.